The molecule has 0 radical (unpaired) electrons. The molecule has 1 aromatic heterocycles. The van der Waals surface area contributed by atoms with E-state index in [9.17, 15) is 4.79 Å². The molecule has 86 valence electrons. The third-order valence-corrected chi connectivity index (χ3v) is 2.79. The molecule has 0 aliphatic heterocycles. The van der Waals surface area contributed by atoms with E-state index in [0.717, 1.165) is 0 Å². The Balaban J connectivity index is 1.94. The van der Waals surface area contributed by atoms with E-state index in [1.807, 2.05) is 0 Å². The van der Waals surface area contributed by atoms with Gasteiger partial charge in [0.15, 0.2) is 5.84 Å². The maximum atomic E-state index is 11.8. The third kappa shape index (κ3) is 1.73. The zero-order chi connectivity index (χ0) is 11.6. The van der Waals surface area contributed by atoms with Crippen molar-refractivity contribution in [2.24, 2.45) is 16.3 Å². The van der Waals surface area contributed by atoms with Crippen LogP contribution in [0.2, 0.25) is 0 Å². The standard InChI is InChI=1S/C10H13N3O3/c11-8(13-15)10(3-4-10)9(14)12-6-7-2-1-5-16-7/h1-2,5,15H,3-4,6H2,(H2,11,13)(H,12,14). The molecule has 1 amide bonds. The average Bonchev–Trinajstić information content (AvgIpc) is 2.95. The van der Waals surface area contributed by atoms with Crippen LogP contribution in [0.4, 0.5) is 0 Å². The van der Waals surface area contributed by atoms with Crippen LogP contribution in [0.1, 0.15) is 18.6 Å². The Bertz CT molecular complexity index is 407. The van der Waals surface area contributed by atoms with Gasteiger partial charge in [0.05, 0.1) is 12.8 Å². The van der Waals surface area contributed by atoms with E-state index in [-0.39, 0.29) is 11.7 Å². The fraction of sp³-hybridized carbons (Fsp3) is 0.400. The van der Waals surface area contributed by atoms with Crippen LogP contribution in [0.15, 0.2) is 28.0 Å². The molecule has 1 heterocycles. The Morgan fingerprint density at radius 1 is 1.69 bits per heavy atom. The minimum atomic E-state index is -0.804. The highest BCUT2D eigenvalue weighted by Crippen LogP contribution is 2.46. The molecular weight excluding hydrogens is 210 g/mol. The number of furan rings is 1. The van der Waals surface area contributed by atoms with Crippen LogP contribution >= 0.6 is 0 Å². The smallest absolute Gasteiger partial charge is 0.234 e. The zero-order valence-electron chi connectivity index (χ0n) is 8.64. The van der Waals surface area contributed by atoms with E-state index in [2.05, 4.69) is 10.5 Å². The first-order valence-electron chi connectivity index (χ1n) is 4.98. The molecule has 6 heteroatoms. The Kier molecular flexibility index (Phi) is 2.55. The van der Waals surface area contributed by atoms with Crippen molar-refractivity contribution in [3.8, 4) is 0 Å². The first-order valence-corrected chi connectivity index (χ1v) is 4.98. The second-order valence-corrected chi connectivity index (χ2v) is 3.83. The molecule has 1 aromatic rings. The summed E-state index contributed by atoms with van der Waals surface area (Å²) < 4.78 is 5.08. The van der Waals surface area contributed by atoms with Crippen molar-refractivity contribution in [2.75, 3.05) is 0 Å². The normalized spacial score (nSPS) is 18.1. The van der Waals surface area contributed by atoms with Gasteiger partial charge in [0.25, 0.3) is 0 Å². The highest BCUT2D eigenvalue weighted by atomic mass is 16.4. The average molecular weight is 223 g/mol. The summed E-state index contributed by atoms with van der Waals surface area (Å²) >= 11 is 0. The van der Waals surface area contributed by atoms with Crippen molar-refractivity contribution in [2.45, 2.75) is 19.4 Å². The molecule has 1 saturated carbocycles. The van der Waals surface area contributed by atoms with E-state index in [0.29, 0.717) is 25.1 Å². The van der Waals surface area contributed by atoms with Gasteiger partial charge in [-0.15, -0.1) is 0 Å². The van der Waals surface area contributed by atoms with Crippen molar-refractivity contribution in [3.05, 3.63) is 24.2 Å². The van der Waals surface area contributed by atoms with Crippen LogP contribution in [-0.4, -0.2) is 17.0 Å². The molecular formula is C10H13N3O3. The summed E-state index contributed by atoms with van der Waals surface area (Å²) in [6, 6.07) is 3.52. The van der Waals surface area contributed by atoms with Gasteiger partial charge in [0.1, 0.15) is 11.2 Å². The van der Waals surface area contributed by atoms with Gasteiger partial charge in [-0.2, -0.15) is 0 Å². The maximum Gasteiger partial charge on any atom is 0.234 e. The maximum absolute atomic E-state index is 11.8. The van der Waals surface area contributed by atoms with Gasteiger partial charge in [-0.25, -0.2) is 0 Å². The molecule has 0 aromatic carbocycles. The second kappa shape index (κ2) is 3.88. The minimum absolute atomic E-state index is 0.0237. The van der Waals surface area contributed by atoms with Gasteiger partial charge in [0, 0.05) is 0 Å². The molecule has 0 unspecified atom stereocenters. The Hall–Kier alpha value is -1.98. The molecule has 0 spiro atoms. The van der Waals surface area contributed by atoms with E-state index in [1.165, 1.54) is 6.26 Å². The number of hydrogen-bond acceptors (Lipinski definition) is 4. The van der Waals surface area contributed by atoms with Crippen LogP contribution in [0, 0.1) is 5.41 Å². The molecule has 1 aliphatic carbocycles. The molecule has 6 nitrogen and oxygen atoms in total. The van der Waals surface area contributed by atoms with E-state index in [4.69, 9.17) is 15.4 Å². The van der Waals surface area contributed by atoms with Crippen molar-refractivity contribution in [1.82, 2.24) is 5.32 Å². The lowest BCUT2D eigenvalue weighted by atomic mass is 10.1. The summed E-state index contributed by atoms with van der Waals surface area (Å²) in [4.78, 5) is 11.8. The number of rotatable bonds is 4. The van der Waals surface area contributed by atoms with Crippen molar-refractivity contribution < 1.29 is 14.4 Å². The minimum Gasteiger partial charge on any atom is -0.467 e. The Morgan fingerprint density at radius 2 is 2.44 bits per heavy atom. The molecule has 0 atom stereocenters. The van der Waals surface area contributed by atoms with Crippen molar-refractivity contribution in [3.63, 3.8) is 0 Å². The van der Waals surface area contributed by atoms with E-state index < -0.39 is 5.41 Å². The Labute approximate surface area is 92.1 Å². The van der Waals surface area contributed by atoms with Crippen molar-refractivity contribution in [1.29, 1.82) is 0 Å². The van der Waals surface area contributed by atoms with Crippen LogP contribution in [0.25, 0.3) is 0 Å². The lowest BCUT2D eigenvalue weighted by molar-refractivity contribution is -0.124. The first-order chi connectivity index (χ1) is 7.69. The number of carbonyl (C=O) groups excluding carboxylic acids is 1. The summed E-state index contributed by atoms with van der Waals surface area (Å²) in [6.45, 7) is 0.312. The largest absolute Gasteiger partial charge is 0.467 e. The molecule has 0 saturated heterocycles. The monoisotopic (exact) mass is 223 g/mol. The topological polar surface area (TPSA) is 101 Å². The fourth-order valence-corrected chi connectivity index (χ4v) is 1.57. The lowest BCUT2D eigenvalue weighted by Gasteiger charge is -2.12. The van der Waals surface area contributed by atoms with Gasteiger partial charge in [-0.3, -0.25) is 4.79 Å². The number of amidine groups is 1. The summed E-state index contributed by atoms with van der Waals surface area (Å²) in [5.74, 6) is 0.423. The fourth-order valence-electron chi connectivity index (χ4n) is 1.57. The SMILES string of the molecule is N/C(=N/O)C1(C(=O)NCc2ccco2)CC1. The summed E-state index contributed by atoms with van der Waals surface area (Å²) in [6.07, 6.45) is 2.78. The summed E-state index contributed by atoms with van der Waals surface area (Å²) in [7, 11) is 0. The Morgan fingerprint density at radius 3 is 2.94 bits per heavy atom. The van der Waals surface area contributed by atoms with E-state index in [1.54, 1.807) is 12.1 Å². The summed E-state index contributed by atoms with van der Waals surface area (Å²) in [5, 5.41) is 14.2. The number of nitrogens with zero attached hydrogens (tertiary/aromatic N) is 1. The highest BCUT2D eigenvalue weighted by Gasteiger charge is 2.54. The number of oxime groups is 1. The second-order valence-electron chi connectivity index (χ2n) is 3.83. The van der Waals surface area contributed by atoms with Crippen LogP contribution in [0.3, 0.4) is 0 Å². The quantitative estimate of drug-likeness (QED) is 0.298. The van der Waals surface area contributed by atoms with Gasteiger partial charge in [-0.1, -0.05) is 5.16 Å². The van der Waals surface area contributed by atoms with Crippen molar-refractivity contribution >= 4 is 11.7 Å². The van der Waals surface area contributed by atoms with Crippen LogP contribution in [-0.2, 0) is 11.3 Å². The molecule has 1 aliphatic rings. The van der Waals surface area contributed by atoms with E-state index >= 15 is 0 Å². The zero-order valence-corrected chi connectivity index (χ0v) is 8.64. The van der Waals surface area contributed by atoms with Gasteiger partial charge in [-0.05, 0) is 25.0 Å². The number of carbonyl (C=O) groups is 1. The lowest BCUT2D eigenvalue weighted by Crippen LogP contribution is -2.40. The molecule has 2 rings (SSSR count). The summed E-state index contributed by atoms with van der Waals surface area (Å²) in [5.41, 5.74) is 4.67. The van der Waals surface area contributed by atoms with Gasteiger partial charge < -0.3 is 20.7 Å². The predicted molar refractivity (Wildman–Crippen MR) is 55.6 cm³/mol. The number of nitrogens with one attached hydrogen (secondary N) is 1. The van der Waals surface area contributed by atoms with Crippen LogP contribution < -0.4 is 11.1 Å². The first kappa shape index (κ1) is 10.5. The predicted octanol–water partition coefficient (Wildman–Crippen LogP) is 0.422. The number of hydrogen-bond donors (Lipinski definition) is 3. The molecule has 16 heavy (non-hydrogen) atoms. The number of amides is 1. The van der Waals surface area contributed by atoms with Gasteiger partial charge >= 0.3 is 0 Å². The molecule has 0 bridgehead atoms. The highest BCUT2D eigenvalue weighted by molar-refractivity contribution is 6.09. The number of nitrogens with two attached hydrogens (primary N) is 1. The molecule has 4 N–H and O–H groups in total. The van der Waals surface area contributed by atoms with Gasteiger partial charge in [0.2, 0.25) is 5.91 Å². The third-order valence-electron chi connectivity index (χ3n) is 2.79. The molecule has 1 fully saturated rings. The van der Waals surface area contributed by atoms with Crippen LogP contribution in [0.5, 0.6) is 0 Å².